The topological polar surface area (TPSA) is 40.9 Å². The third kappa shape index (κ3) is 2.30. The van der Waals surface area contributed by atoms with Crippen LogP contribution in [0.4, 0.5) is 0 Å². The van der Waals surface area contributed by atoms with Gasteiger partial charge >= 0.3 is 0 Å². The Balaban J connectivity index is 3.08. The third-order valence-corrected chi connectivity index (χ3v) is 2.88. The first-order valence-electron chi connectivity index (χ1n) is 5.44. The summed E-state index contributed by atoms with van der Waals surface area (Å²) in [5, 5.41) is 8.71. The average molecular weight is 215 g/mol. The van der Waals surface area contributed by atoms with Gasteiger partial charge in [-0.1, -0.05) is 26.0 Å². The number of nitriles is 1. The van der Waals surface area contributed by atoms with Crippen LogP contribution in [0.2, 0.25) is 0 Å². The molecule has 0 bridgehead atoms. The minimum Gasteiger partial charge on any atom is -0.298 e. The fourth-order valence-corrected chi connectivity index (χ4v) is 1.83. The molecular weight excluding hydrogens is 198 g/mol. The van der Waals surface area contributed by atoms with Crippen LogP contribution in [0.5, 0.6) is 0 Å². The van der Waals surface area contributed by atoms with E-state index < -0.39 is 5.41 Å². The number of rotatable bonds is 3. The first kappa shape index (κ1) is 12.4. The first-order chi connectivity index (χ1) is 7.39. The number of carbonyl (C=O) groups is 1. The Morgan fingerprint density at radius 2 is 1.75 bits per heavy atom. The van der Waals surface area contributed by atoms with E-state index >= 15 is 0 Å². The Morgan fingerprint density at radius 1 is 1.25 bits per heavy atom. The van der Waals surface area contributed by atoms with Crippen molar-refractivity contribution in [1.29, 1.82) is 5.26 Å². The van der Waals surface area contributed by atoms with E-state index in [-0.39, 0.29) is 11.7 Å². The van der Waals surface area contributed by atoms with Gasteiger partial charge in [0.05, 0.1) is 11.6 Å². The van der Waals surface area contributed by atoms with Gasteiger partial charge in [-0.25, -0.2) is 0 Å². The number of carbonyl (C=O) groups excluding carboxylic acids is 1. The van der Waals surface area contributed by atoms with E-state index in [1.807, 2.05) is 39.8 Å². The molecule has 1 rings (SSSR count). The molecular formula is C14H17NO. The van der Waals surface area contributed by atoms with Crippen LogP contribution in [0.3, 0.4) is 0 Å². The van der Waals surface area contributed by atoms with Crippen molar-refractivity contribution in [1.82, 2.24) is 0 Å². The second-order valence-electron chi connectivity index (χ2n) is 4.83. The zero-order chi connectivity index (χ0) is 12.3. The summed E-state index contributed by atoms with van der Waals surface area (Å²) in [6.45, 7) is 7.68. The highest BCUT2D eigenvalue weighted by atomic mass is 16.1. The van der Waals surface area contributed by atoms with Crippen molar-refractivity contribution in [3.8, 4) is 6.07 Å². The van der Waals surface area contributed by atoms with Gasteiger partial charge in [-0.2, -0.15) is 5.26 Å². The first-order valence-corrected chi connectivity index (χ1v) is 5.44. The highest BCUT2D eigenvalue weighted by Gasteiger charge is 2.31. The summed E-state index contributed by atoms with van der Waals surface area (Å²) in [7, 11) is 0. The molecule has 16 heavy (non-hydrogen) atoms. The van der Waals surface area contributed by atoms with Gasteiger partial charge in [0.2, 0.25) is 0 Å². The monoisotopic (exact) mass is 215 g/mol. The number of hydrogen-bond donors (Lipinski definition) is 0. The largest absolute Gasteiger partial charge is 0.298 e. The highest BCUT2D eigenvalue weighted by molar-refractivity contribution is 5.90. The molecule has 0 fully saturated rings. The van der Waals surface area contributed by atoms with E-state index in [0.29, 0.717) is 5.56 Å². The summed E-state index contributed by atoms with van der Waals surface area (Å²) >= 11 is 0. The Kier molecular flexibility index (Phi) is 3.49. The molecule has 84 valence electrons. The summed E-state index contributed by atoms with van der Waals surface area (Å²) < 4.78 is 0. The molecule has 2 heteroatoms. The molecule has 1 aromatic carbocycles. The molecule has 0 heterocycles. The van der Waals surface area contributed by atoms with Crippen LogP contribution in [0.25, 0.3) is 0 Å². The second-order valence-corrected chi connectivity index (χ2v) is 4.83. The van der Waals surface area contributed by atoms with Gasteiger partial charge in [0.1, 0.15) is 5.78 Å². The SMILES string of the molecule is CC(C)C(=O)C(C)(C)c1ccc(C#N)cc1. The molecule has 0 spiro atoms. The van der Waals surface area contributed by atoms with Crippen molar-refractivity contribution >= 4 is 5.78 Å². The molecule has 2 nitrogen and oxygen atoms in total. The van der Waals surface area contributed by atoms with Gasteiger partial charge in [-0.05, 0) is 31.5 Å². The van der Waals surface area contributed by atoms with Crippen molar-refractivity contribution < 1.29 is 4.79 Å². The van der Waals surface area contributed by atoms with Crippen molar-refractivity contribution in [2.45, 2.75) is 33.1 Å². The fraction of sp³-hybridized carbons (Fsp3) is 0.429. The lowest BCUT2D eigenvalue weighted by Crippen LogP contribution is -2.32. The van der Waals surface area contributed by atoms with E-state index in [4.69, 9.17) is 5.26 Å². The van der Waals surface area contributed by atoms with Crippen LogP contribution in [-0.4, -0.2) is 5.78 Å². The summed E-state index contributed by atoms with van der Waals surface area (Å²) in [4.78, 5) is 12.1. The maximum atomic E-state index is 12.1. The van der Waals surface area contributed by atoms with E-state index in [0.717, 1.165) is 5.56 Å². The quantitative estimate of drug-likeness (QED) is 0.777. The molecule has 1 aromatic rings. The van der Waals surface area contributed by atoms with Crippen LogP contribution in [-0.2, 0) is 10.2 Å². The van der Waals surface area contributed by atoms with Crippen molar-refractivity contribution in [3.63, 3.8) is 0 Å². The Bertz CT molecular complexity index is 421. The lowest BCUT2D eigenvalue weighted by atomic mass is 9.76. The maximum absolute atomic E-state index is 12.1. The summed E-state index contributed by atoms with van der Waals surface area (Å²) in [5.74, 6) is 0.239. The van der Waals surface area contributed by atoms with Crippen molar-refractivity contribution in [2.24, 2.45) is 5.92 Å². The number of nitrogens with zero attached hydrogens (tertiary/aromatic N) is 1. The summed E-state index contributed by atoms with van der Waals surface area (Å²) in [5.41, 5.74) is 1.10. The standard InChI is InChI=1S/C14H17NO/c1-10(2)13(16)14(3,4)12-7-5-11(9-15)6-8-12/h5-8,10H,1-4H3. The molecule has 0 saturated heterocycles. The van der Waals surface area contributed by atoms with Gasteiger partial charge in [-0.3, -0.25) is 4.79 Å². The highest BCUT2D eigenvalue weighted by Crippen LogP contribution is 2.27. The van der Waals surface area contributed by atoms with E-state index in [1.165, 1.54) is 0 Å². The Hall–Kier alpha value is -1.62. The normalized spacial score (nSPS) is 11.2. The number of hydrogen-bond acceptors (Lipinski definition) is 2. The lowest BCUT2D eigenvalue weighted by molar-refractivity contribution is -0.126. The number of ketones is 1. The third-order valence-electron chi connectivity index (χ3n) is 2.88. The van der Waals surface area contributed by atoms with Crippen molar-refractivity contribution in [2.75, 3.05) is 0 Å². The Morgan fingerprint density at radius 3 is 2.12 bits per heavy atom. The zero-order valence-corrected chi connectivity index (χ0v) is 10.2. The molecule has 0 N–H and O–H groups in total. The van der Waals surface area contributed by atoms with Crippen LogP contribution in [0.15, 0.2) is 24.3 Å². The molecule has 0 atom stereocenters. The van der Waals surface area contributed by atoms with Crippen molar-refractivity contribution in [3.05, 3.63) is 35.4 Å². The van der Waals surface area contributed by atoms with Gasteiger partial charge in [0, 0.05) is 11.3 Å². The molecule has 0 saturated carbocycles. The predicted molar refractivity (Wildman–Crippen MR) is 64.0 cm³/mol. The minimum atomic E-state index is -0.484. The molecule has 0 aliphatic heterocycles. The van der Waals surface area contributed by atoms with E-state index in [2.05, 4.69) is 6.07 Å². The molecule has 0 aliphatic carbocycles. The fourth-order valence-electron chi connectivity index (χ4n) is 1.83. The molecule has 0 radical (unpaired) electrons. The molecule has 0 unspecified atom stereocenters. The number of benzene rings is 1. The number of Topliss-reactive ketones (excluding diaryl/α,β-unsaturated/α-hetero) is 1. The van der Waals surface area contributed by atoms with Gasteiger partial charge in [0.15, 0.2) is 0 Å². The van der Waals surface area contributed by atoms with E-state index in [1.54, 1.807) is 12.1 Å². The summed E-state index contributed by atoms with van der Waals surface area (Å²) in [6.07, 6.45) is 0. The van der Waals surface area contributed by atoms with Crippen LogP contribution in [0, 0.1) is 17.2 Å². The van der Waals surface area contributed by atoms with Gasteiger partial charge in [-0.15, -0.1) is 0 Å². The van der Waals surface area contributed by atoms with Crippen LogP contribution in [0.1, 0.15) is 38.8 Å². The predicted octanol–water partition coefficient (Wildman–Crippen LogP) is 3.06. The molecule has 0 aliphatic rings. The van der Waals surface area contributed by atoms with Gasteiger partial charge in [0.25, 0.3) is 0 Å². The minimum absolute atomic E-state index is 0.0191. The van der Waals surface area contributed by atoms with Crippen LogP contribution >= 0.6 is 0 Å². The summed E-state index contributed by atoms with van der Waals surface area (Å²) in [6, 6.07) is 9.30. The van der Waals surface area contributed by atoms with E-state index in [9.17, 15) is 4.79 Å². The maximum Gasteiger partial charge on any atom is 0.145 e. The van der Waals surface area contributed by atoms with Gasteiger partial charge < -0.3 is 0 Å². The average Bonchev–Trinajstić information content (AvgIpc) is 2.28. The smallest absolute Gasteiger partial charge is 0.145 e. The molecule has 0 aromatic heterocycles. The second kappa shape index (κ2) is 4.49. The Labute approximate surface area is 96.9 Å². The van der Waals surface area contributed by atoms with Crippen LogP contribution < -0.4 is 0 Å². The molecule has 0 amide bonds. The zero-order valence-electron chi connectivity index (χ0n) is 10.2. The lowest BCUT2D eigenvalue weighted by Gasteiger charge is -2.25.